The van der Waals surface area contributed by atoms with Gasteiger partial charge in [-0.05, 0) is 49.2 Å². The van der Waals surface area contributed by atoms with E-state index in [4.69, 9.17) is 4.74 Å². The van der Waals surface area contributed by atoms with E-state index in [0.29, 0.717) is 12.0 Å². The van der Waals surface area contributed by atoms with E-state index in [1.807, 2.05) is 24.3 Å². The van der Waals surface area contributed by atoms with Gasteiger partial charge in [0.05, 0.1) is 24.8 Å². The van der Waals surface area contributed by atoms with Crippen molar-refractivity contribution in [3.05, 3.63) is 143 Å². The second kappa shape index (κ2) is 10.8. The van der Waals surface area contributed by atoms with Crippen molar-refractivity contribution in [1.29, 1.82) is 0 Å². The molecule has 1 N–H and O–H groups in total. The predicted molar refractivity (Wildman–Crippen MR) is 150 cm³/mol. The van der Waals surface area contributed by atoms with Gasteiger partial charge < -0.3 is 15.0 Å². The van der Waals surface area contributed by atoms with Crippen LogP contribution >= 0.6 is 0 Å². The fourth-order valence-electron chi connectivity index (χ4n) is 5.12. The first-order valence-corrected chi connectivity index (χ1v) is 12.6. The third-order valence-electron chi connectivity index (χ3n) is 6.99. The molecule has 1 aliphatic rings. The average molecular weight is 489 g/mol. The number of anilines is 2. The topological polar surface area (TPSA) is 41.6 Å². The van der Waals surface area contributed by atoms with Crippen molar-refractivity contribution in [2.45, 2.75) is 32.4 Å². The summed E-state index contributed by atoms with van der Waals surface area (Å²) in [7, 11) is 1.46. The van der Waals surface area contributed by atoms with E-state index < -0.39 is 0 Å². The molecule has 0 aromatic heterocycles. The van der Waals surface area contributed by atoms with Crippen molar-refractivity contribution in [3.63, 3.8) is 0 Å². The maximum Gasteiger partial charge on any atom is 0.337 e. The summed E-state index contributed by atoms with van der Waals surface area (Å²) < 4.78 is 5.41. The molecule has 37 heavy (non-hydrogen) atoms. The molecule has 0 radical (unpaired) electrons. The Bertz CT molecular complexity index is 1380. The van der Waals surface area contributed by atoms with Crippen LogP contribution in [-0.4, -0.2) is 13.1 Å². The second-order valence-corrected chi connectivity index (χ2v) is 9.56. The Kier molecular flexibility index (Phi) is 7.09. The van der Waals surface area contributed by atoms with Gasteiger partial charge in [-0.15, -0.1) is 0 Å². The summed E-state index contributed by atoms with van der Waals surface area (Å²) in [6.07, 6.45) is 0.625. The van der Waals surface area contributed by atoms with Crippen LogP contribution < -0.4 is 10.2 Å². The van der Waals surface area contributed by atoms with Gasteiger partial charge in [0, 0.05) is 23.5 Å². The van der Waals surface area contributed by atoms with Gasteiger partial charge in [0.15, 0.2) is 0 Å². The number of esters is 1. The van der Waals surface area contributed by atoms with Crippen LogP contribution in [0.2, 0.25) is 0 Å². The summed E-state index contributed by atoms with van der Waals surface area (Å²) in [5, 5.41) is 3.61. The zero-order chi connectivity index (χ0) is 25.8. The molecule has 4 heteroatoms. The summed E-state index contributed by atoms with van der Waals surface area (Å²) in [5.74, 6) is -0.327. The zero-order valence-electron chi connectivity index (χ0n) is 21.5. The highest BCUT2D eigenvalue weighted by Gasteiger charge is 2.41. The van der Waals surface area contributed by atoms with Crippen molar-refractivity contribution in [2.75, 3.05) is 17.3 Å². The van der Waals surface area contributed by atoms with Crippen LogP contribution in [0.5, 0.6) is 0 Å². The van der Waals surface area contributed by atoms with Crippen LogP contribution in [0, 0.1) is 13.8 Å². The van der Waals surface area contributed by atoms with Crippen LogP contribution in [0.1, 0.15) is 40.8 Å². The lowest BCUT2D eigenvalue weighted by molar-refractivity contribution is -0.136. The summed E-state index contributed by atoms with van der Waals surface area (Å²) in [6.45, 7) is 4.16. The van der Waals surface area contributed by atoms with E-state index in [0.717, 1.165) is 22.6 Å². The summed E-state index contributed by atoms with van der Waals surface area (Å²) in [5.41, 5.74) is 8.12. The molecule has 0 spiro atoms. The van der Waals surface area contributed by atoms with Crippen LogP contribution in [-0.2, 0) is 9.53 Å². The normalized spacial score (nSPS) is 17.4. The number of benzene rings is 4. The van der Waals surface area contributed by atoms with Crippen molar-refractivity contribution in [1.82, 2.24) is 0 Å². The fraction of sp³-hybridized carbons (Fsp3) is 0.182. The highest BCUT2D eigenvalue weighted by Crippen LogP contribution is 2.48. The fourth-order valence-corrected chi connectivity index (χ4v) is 5.12. The molecule has 0 aliphatic carbocycles. The van der Waals surface area contributed by atoms with E-state index in [1.165, 1.54) is 23.8 Å². The molecule has 0 amide bonds. The van der Waals surface area contributed by atoms with Crippen molar-refractivity contribution >= 4 is 17.3 Å². The van der Waals surface area contributed by atoms with E-state index in [1.54, 1.807) is 0 Å². The number of methoxy groups -OCH3 is 1. The molecule has 186 valence electrons. The average Bonchev–Trinajstić information content (AvgIpc) is 2.94. The number of carbonyl (C=O) groups is 1. The van der Waals surface area contributed by atoms with E-state index in [9.17, 15) is 4.79 Å². The number of rotatable bonds is 6. The molecule has 4 nitrogen and oxygen atoms in total. The maximum absolute atomic E-state index is 13.5. The lowest BCUT2D eigenvalue weighted by Gasteiger charge is -2.46. The molecule has 0 bridgehead atoms. The summed E-state index contributed by atoms with van der Waals surface area (Å²) in [6, 6.07) is 37.2. The molecule has 5 rings (SSSR count). The smallest absolute Gasteiger partial charge is 0.337 e. The van der Waals surface area contributed by atoms with Gasteiger partial charge in [-0.2, -0.15) is 0 Å². The first-order valence-electron chi connectivity index (χ1n) is 12.6. The monoisotopic (exact) mass is 488 g/mol. The number of ether oxygens (including phenoxy) is 1. The minimum Gasteiger partial charge on any atom is -0.466 e. The Morgan fingerprint density at radius 1 is 0.757 bits per heavy atom. The number of hydrogen-bond donors (Lipinski definition) is 1. The van der Waals surface area contributed by atoms with E-state index in [2.05, 4.69) is 109 Å². The minimum atomic E-state index is -0.344. The number of hydrogen-bond acceptors (Lipinski definition) is 4. The Balaban J connectivity index is 1.75. The number of nitrogens with zero attached hydrogens (tertiary/aromatic N) is 1. The van der Waals surface area contributed by atoms with Gasteiger partial charge in [0.25, 0.3) is 0 Å². The van der Waals surface area contributed by atoms with Gasteiger partial charge in [-0.25, -0.2) is 4.79 Å². The van der Waals surface area contributed by atoms with E-state index >= 15 is 0 Å². The standard InChI is InChI=1S/C33H32N2O2/c1-23-14-18-27(19-15-23)34-29-22-30(25-10-6-4-7-11-25)35(28-20-16-24(2)17-21-28)32(31(29)33(36)37-3)26-12-8-5-9-13-26/h4-21,30,32,34H,22H2,1-3H3/t30-,32+/m0/s1. The van der Waals surface area contributed by atoms with Gasteiger partial charge >= 0.3 is 5.97 Å². The van der Waals surface area contributed by atoms with Crippen LogP contribution in [0.25, 0.3) is 0 Å². The molecule has 4 aromatic carbocycles. The Hall–Kier alpha value is -4.31. The zero-order valence-corrected chi connectivity index (χ0v) is 21.5. The number of carbonyl (C=O) groups excluding carboxylic acids is 1. The highest BCUT2D eigenvalue weighted by molar-refractivity contribution is 5.93. The first kappa shape index (κ1) is 24.4. The Labute approximate surface area is 219 Å². The largest absolute Gasteiger partial charge is 0.466 e. The lowest BCUT2D eigenvalue weighted by Crippen LogP contribution is -2.41. The molecule has 0 fully saturated rings. The van der Waals surface area contributed by atoms with Crippen molar-refractivity contribution in [2.24, 2.45) is 0 Å². The molecule has 0 unspecified atom stereocenters. The molecule has 0 saturated heterocycles. The molecule has 2 atom stereocenters. The van der Waals surface area contributed by atoms with Crippen molar-refractivity contribution < 1.29 is 9.53 Å². The Morgan fingerprint density at radius 3 is 1.86 bits per heavy atom. The molecule has 1 aliphatic heterocycles. The number of aryl methyl sites for hydroxylation is 2. The number of nitrogens with one attached hydrogen (secondary N) is 1. The summed E-state index contributed by atoms with van der Waals surface area (Å²) in [4.78, 5) is 15.9. The van der Waals surface area contributed by atoms with Crippen molar-refractivity contribution in [3.8, 4) is 0 Å². The van der Waals surface area contributed by atoms with Gasteiger partial charge in [-0.1, -0.05) is 96.1 Å². The SMILES string of the molecule is COC(=O)C1=C(Nc2ccc(C)cc2)C[C@@H](c2ccccc2)N(c2ccc(C)cc2)[C@@H]1c1ccccc1. The molecular formula is C33H32N2O2. The highest BCUT2D eigenvalue weighted by atomic mass is 16.5. The maximum atomic E-state index is 13.5. The molecule has 4 aromatic rings. The van der Waals surface area contributed by atoms with Gasteiger partial charge in [0.2, 0.25) is 0 Å². The third kappa shape index (κ3) is 5.14. The van der Waals surface area contributed by atoms with Crippen LogP contribution in [0.3, 0.4) is 0 Å². The van der Waals surface area contributed by atoms with Gasteiger partial charge in [-0.3, -0.25) is 0 Å². The third-order valence-corrected chi connectivity index (χ3v) is 6.99. The van der Waals surface area contributed by atoms with Gasteiger partial charge in [0.1, 0.15) is 0 Å². The predicted octanol–water partition coefficient (Wildman–Crippen LogP) is 7.54. The lowest BCUT2D eigenvalue weighted by atomic mass is 9.84. The van der Waals surface area contributed by atoms with E-state index in [-0.39, 0.29) is 18.1 Å². The minimum absolute atomic E-state index is 0.00420. The summed E-state index contributed by atoms with van der Waals surface area (Å²) >= 11 is 0. The van der Waals surface area contributed by atoms with Crippen LogP contribution in [0.4, 0.5) is 11.4 Å². The second-order valence-electron chi connectivity index (χ2n) is 9.56. The van der Waals surface area contributed by atoms with Crippen LogP contribution in [0.15, 0.2) is 120 Å². The Morgan fingerprint density at radius 2 is 1.30 bits per heavy atom. The molecular weight excluding hydrogens is 456 g/mol. The molecule has 0 saturated carbocycles. The first-order chi connectivity index (χ1) is 18.0. The molecule has 1 heterocycles. The quantitative estimate of drug-likeness (QED) is 0.285.